The predicted octanol–water partition coefficient (Wildman–Crippen LogP) is 0.727. The number of nitrogens with two attached hydrogens (primary N) is 1. The summed E-state index contributed by atoms with van der Waals surface area (Å²) in [6.07, 6.45) is 0. The van der Waals surface area contributed by atoms with Crippen molar-refractivity contribution in [2.24, 2.45) is 11.1 Å². The van der Waals surface area contributed by atoms with Crippen molar-refractivity contribution in [1.29, 1.82) is 0 Å². The summed E-state index contributed by atoms with van der Waals surface area (Å²) in [6.45, 7) is 8.37. The monoisotopic (exact) mass is 199 g/mol. The molecule has 1 aliphatic heterocycles. The molecular weight excluding hydrogens is 178 g/mol. The Labute approximate surface area is 86.0 Å². The molecule has 1 unspecified atom stereocenters. The fourth-order valence-corrected chi connectivity index (χ4v) is 1.68. The molecule has 0 radical (unpaired) electrons. The van der Waals surface area contributed by atoms with E-state index in [0.29, 0.717) is 6.54 Å². The van der Waals surface area contributed by atoms with E-state index < -0.39 is 0 Å². The van der Waals surface area contributed by atoms with Crippen LogP contribution < -0.4 is 5.73 Å². The third kappa shape index (κ3) is 2.00. The molecule has 0 aromatic heterocycles. The van der Waals surface area contributed by atoms with Crippen LogP contribution in [0.15, 0.2) is 0 Å². The van der Waals surface area contributed by atoms with E-state index in [1.165, 1.54) is 0 Å². The lowest BCUT2D eigenvalue weighted by Gasteiger charge is -2.24. The van der Waals surface area contributed by atoms with Crippen LogP contribution in [0.3, 0.4) is 0 Å². The van der Waals surface area contributed by atoms with Crippen molar-refractivity contribution in [3.05, 3.63) is 0 Å². The zero-order valence-electron chi connectivity index (χ0n) is 9.58. The summed E-state index contributed by atoms with van der Waals surface area (Å²) in [7, 11) is 1.82. The van der Waals surface area contributed by atoms with Gasteiger partial charge in [0.15, 0.2) is 0 Å². The molecule has 0 aliphatic carbocycles. The number of likely N-dealkylation sites (tertiary alicyclic amines) is 1. The normalized spacial score (nSPS) is 25.2. The molecule has 0 bridgehead atoms. The molecule has 1 fully saturated rings. The van der Waals surface area contributed by atoms with Gasteiger partial charge in [0.1, 0.15) is 0 Å². The van der Waals surface area contributed by atoms with Crippen LogP contribution in [0.2, 0.25) is 0 Å². The van der Waals surface area contributed by atoms with Gasteiger partial charge in [-0.3, -0.25) is 0 Å². The maximum atomic E-state index is 11.8. The third-order valence-corrected chi connectivity index (χ3v) is 3.09. The molecule has 0 aromatic rings. The lowest BCUT2D eigenvalue weighted by Crippen LogP contribution is -2.40. The zero-order valence-corrected chi connectivity index (χ0v) is 9.58. The van der Waals surface area contributed by atoms with Crippen LogP contribution >= 0.6 is 0 Å². The molecule has 14 heavy (non-hydrogen) atoms. The number of carbonyl (C=O) groups excluding carboxylic acids is 1. The minimum Gasteiger partial charge on any atom is -0.328 e. The first-order chi connectivity index (χ1) is 6.38. The van der Waals surface area contributed by atoms with Gasteiger partial charge in [-0.05, 0) is 12.3 Å². The van der Waals surface area contributed by atoms with Crippen LogP contribution in [-0.2, 0) is 0 Å². The second-order valence-electron chi connectivity index (χ2n) is 4.77. The van der Waals surface area contributed by atoms with Crippen LogP contribution in [0.5, 0.6) is 0 Å². The Bertz CT molecular complexity index is 227. The van der Waals surface area contributed by atoms with E-state index in [9.17, 15) is 4.79 Å². The molecule has 1 saturated heterocycles. The molecule has 4 nitrogen and oxygen atoms in total. The number of carbonyl (C=O) groups is 1. The Morgan fingerprint density at radius 3 is 2.57 bits per heavy atom. The summed E-state index contributed by atoms with van der Waals surface area (Å²) >= 11 is 0. The Morgan fingerprint density at radius 2 is 2.21 bits per heavy atom. The molecule has 1 heterocycles. The van der Waals surface area contributed by atoms with E-state index in [1.54, 1.807) is 4.90 Å². The minimum atomic E-state index is 0.0459. The molecule has 2 N–H and O–H groups in total. The quantitative estimate of drug-likeness (QED) is 0.676. The molecule has 0 saturated carbocycles. The van der Waals surface area contributed by atoms with Gasteiger partial charge >= 0.3 is 6.03 Å². The summed E-state index contributed by atoms with van der Waals surface area (Å²) in [5.41, 5.74) is 6.02. The van der Waals surface area contributed by atoms with Gasteiger partial charge in [0, 0.05) is 32.7 Å². The summed E-state index contributed by atoms with van der Waals surface area (Å²) < 4.78 is 0. The molecular formula is C10H21N3O. The van der Waals surface area contributed by atoms with Crippen LogP contribution in [0.1, 0.15) is 20.8 Å². The molecule has 4 heteroatoms. The van der Waals surface area contributed by atoms with Gasteiger partial charge in [-0.1, -0.05) is 13.8 Å². The Morgan fingerprint density at radius 1 is 1.64 bits per heavy atom. The Kier molecular flexibility index (Phi) is 3.04. The van der Waals surface area contributed by atoms with Crippen molar-refractivity contribution >= 4 is 6.03 Å². The average molecular weight is 199 g/mol. The average Bonchev–Trinajstić information content (AvgIpc) is 2.39. The van der Waals surface area contributed by atoms with Gasteiger partial charge in [-0.15, -0.1) is 0 Å². The highest BCUT2D eigenvalue weighted by Crippen LogP contribution is 2.28. The highest BCUT2D eigenvalue weighted by atomic mass is 16.2. The molecule has 0 aromatic carbocycles. The van der Waals surface area contributed by atoms with Crippen molar-refractivity contribution in [3.63, 3.8) is 0 Å². The van der Waals surface area contributed by atoms with Crippen molar-refractivity contribution in [2.75, 3.05) is 26.7 Å². The molecule has 2 amide bonds. The van der Waals surface area contributed by atoms with Crippen LogP contribution in [-0.4, -0.2) is 48.6 Å². The van der Waals surface area contributed by atoms with E-state index in [-0.39, 0.29) is 17.5 Å². The van der Waals surface area contributed by atoms with Crippen molar-refractivity contribution in [2.45, 2.75) is 26.8 Å². The highest BCUT2D eigenvalue weighted by Gasteiger charge is 2.39. The number of urea groups is 1. The lowest BCUT2D eigenvalue weighted by atomic mass is 9.89. The summed E-state index contributed by atoms with van der Waals surface area (Å²) in [5, 5.41) is 0. The molecule has 1 atom stereocenters. The van der Waals surface area contributed by atoms with Crippen molar-refractivity contribution < 1.29 is 4.79 Å². The van der Waals surface area contributed by atoms with Gasteiger partial charge < -0.3 is 15.5 Å². The van der Waals surface area contributed by atoms with Gasteiger partial charge in [0.05, 0.1) is 0 Å². The number of hydrogen-bond donors (Lipinski definition) is 1. The zero-order chi connectivity index (χ0) is 10.9. The number of nitrogens with zero attached hydrogens (tertiary/aromatic N) is 2. The standard InChI is InChI=1S/C10H21N3O/c1-5-12(4)9(14)13-6-8(11)10(2,3)7-13/h8H,5-7,11H2,1-4H3. The van der Waals surface area contributed by atoms with E-state index in [0.717, 1.165) is 13.1 Å². The maximum Gasteiger partial charge on any atom is 0.319 e. The maximum absolute atomic E-state index is 11.8. The van der Waals surface area contributed by atoms with E-state index in [1.807, 2.05) is 18.9 Å². The van der Waals surface area contributed by atoms with E-state index in [4.69, 9.17) is 5.73 Å². The molecule has 1 aliphatic rings. The summed E-state index contributed by atoms with van der Waals surface area (Å²) in [4.78, 5) is 15.4. The van der Waals surface area contributed by atoms with Crippen LogP contribution in [0, 0.1) is 5.41 Å². The SMILES string of the molecule is CCN(C)C(=O)N1CC(N)C(C)(C)C1. The Balaban J connectivity index is 2.62. The fourth-order valence-electron chi connectivity index (χ4n) is 1.68. The number of hydrogen-bond acceptors (Lipinski definition) is 2. The van der Waals surface area contributed by atoms with Crippen LogP contribution in [0.25, 0.3) is 0 Å². The summed E-state index contributed by atoms with van der Waals surface area (Å²) in [6, 6.07) is 0.185. The minimum absolute atomic E-state index is 0.0459. The van der Waals surface area contributed by atoms with Gasteiger partial charge in [0.2, 0.25) is 0 Å². The first kappa shape index (κ1) is 11.3. The smallest absolute Gasteiger partial charge is 0.319 e. The largest absolute Gasteiger partial charge is 0.328 e. The van der Waals surface area contributed by atoms with Gasteiger partial charge in [0.25, 0.3) is 0 Å². The fraction of sp³-hybridized carbons (Fsp3) is 0.900. The van der Waals surface area contributed by atoms with Crippen LogP contribution in [0.4, 0.5) is 4.79 Å². The number of amides is 2. The van der Waals surface area contributed by atoms with E-state index in [2.05, 4.69) is 13.8 Å². The lowest BCUT2D eigenvalue weighted by molar-refractivity contribution is 0.170. The third-order valence-electron chi connectivity index (χ3n) is 3.09. The molecule has 0 spiro atoms. The Hall–Kier alpha value is -0.770. The van der Waals surface area contributed by atoms with Crippen molar-refractivity contribution in [3.8, 4) is 0 Å². The second kappa shape index (κ2) is 3.77. The molecule has 1 rings (SSSR count). The first-order valence-electron chi connectivity index (χ1n) is 5.14. The van der Waals surface area contributed by atoms with Gasteiger partial charge in [-0.25, -0.2) is 4.79 Å². The summed E-state index contributed by atoms with van der Waals surface area (Å²) in [5.74, 6) is 0. The predicted molar refractivity (Wildman–Crippen MR) is 57.0 cm³/mol. The van der Waals surface area contributed by atoms with E-state index >= 15 is 0 Å². The van der Waals surface area contributed by atoms with Gasteiger partial charge in [-0.2, -0.15) is 0 Å². The molecule has 82 valence electrons. The topological polar surface area (TPSA) is 49.6 Å². The second-order valence-corrected chi connectivity index (χ2v) is 4.77. The highest BCUT2D eigenvalue weighted by molar-refractivity contribution is 5.74. The number of rotatable bonds is 1. The van der Waals surface area contributed by atoms with Crippen molar-refractivity contribution in [1.82, 2.24) is 9.80 Å². The first-order valence-corrected chi connectivity index (χ1v) is 5.14.